The molecule has 43 heavy (non-hydrogen) atoms. The van der Waals surface area contributed by atoms with Crippen molar-refractivity contribution >= 4 is 11.9 Å². The van der Waals surface area contributed by atoms with E-state index in [9.17, 15) is 14.7 Å². The van der Waals surface area contributed by atoms with Crippen molar-refractivity contribution in [3.8, 4) is 11.5 Å². The molecule has 0 amide bonds. The van der Waals surface area contributed by atoms with Crippen LogP contribution in [0, 0.1) is 11.8 Å². The average Bonchev–Trinajstić information content (AvgIpc) is 3.56. The first-order valence-corrected chi connectivity index (χ1v) is 16.2. The van der Waals surface area contributed by atoms with E-state index >= 15 is 0 Å². The molecule has 3 aliphatic carbocycles. The van der Waals surface area contributed by atoms with Crippen LogP contribution in [0.1, 0.15) is 91.2 Å². The predicted molar refractivity (Wildman–Crippen MR) is 161 cm³/mol. The maximum absolute atomic E-state index is 13.5. The topological polar surface area (TPSA) is 107 Å². The van der Waals surface area contributed by atoms with Crippen LogP contribution < -0.4 is 10.1 Å². The Morgan fingerprint density at radius 2 is 1.88 bits per heavy atom. The predicted octanol–water partition coefficient (Wildman–Crippen LogP) is 4.26. The number of nitrogens with zero attached hydrogens (tertiary/aromatic N) is 1. The number of carbonyl (C=O) groups is 2. The Balaban J connectivity index is 1.27. The Labute approximate surface area is 256 Å². The van der Waals surface area contributed by atoms with E-state index in [1.165, 1.54) is 11.1 Å². The molecular weight excluding hydrogens is 548 g/mol. The largest absolute Gasteiger partial charge is 0.504 e. The third kappa shape index (κ3) is 5.77. The third-order valence-corrected chi connectivity index (χ3v) is 10.2. The Hall–Kier alpha value is -2.36. The molecule has 5 aliphatic rings. The van der Waals surface area contributed by atoms with E-state index in [2.05, 4.69) is 16.3 Å². The summed E-state index contributed by atoms with van der Waals surface area (Å²) in [4.78, 5) is 28.8. The van der Waals surface area contributed by atoms with Crippen molar-refractivity contribution in [3.63, 3.8) is 0 Å². The first-order valence-electron chi connectivity index (χ1n) is 16.2. The van der Waals surface area contributed by atoms with E-state index < -0.39 is 17.2 Å². The highest BCUT2D eigenvalue weighted by Gasteiger charge is 2.66. The van der Waals surface area contributed by atoms with Crippen LogP contribution in [0.4, 0.5) is 0 Å². The van der Waals surface area contributed by atoms with Gasteiger partial charge in [-0.25, -0.2) is 0 Å². The molecule has 0 aromatic heterocycles. The van der Waals surface area contributed by atoms with E-state index in [0.29, 0.717) is 29.7 Å². The SMILES string of the molecule is COC1CC1CN1CC[C@]23c4c5ccc(O)c4O[C@H]2[C@@H](N[C@@H](CCC(=O)OC(C)(C)C)C(=O)OC(C)(C)C)CC[C@H]3[C@H]1C5. The van der Waals surface area contributed by atoms with E-state index in [1.54, 1.807) is 6.07 Å². The number of carbonyl (C=O) groups excluding carboxylic acids is 2. The van der Waals surface area contributed by atoms with Gasteiger partial charge >= 0.3 is 11.9 Å². The fourth-order valence-electron chi connectivity index (χ4n) is 8.58. The van der Waals surface area contributed by atoms with Gasteiger partial charge in [0, 0.05) is 49.1 Å². The number of aromatic hydroxyl groups is 1. The number of phenolic OH excluding ortho intramolecular Hbond substituents is 1. The number of hydrogen-bond acceptors (Lipinski definition) is 9. The molecule has 8 atom stereocenters. The molecule has 1 spiro atoms. The van der Waals surface area contributed by atoms with Crippen molar-refractivity contribution in [3.05, 3.63) is 23.3 Å². The maximum Gasteiger partial charge on any atom is 0.323 e. The second kappa shape index (κ2) is 10.9. The average molecular weight is 599 g/mol. The molecule has 9 nitrogen and oxygen atoms in total. The number of methoxy groups -OCH3 is 1. The first kappa shape index (κ1) is 30.7. The Bertz CT molecular complexity index is 1250. The molecule has 238 valence electrons. The summed E-state index contributed by atoms with van der Waals surface area (Å²) in [6.07, 6.45) is 5.40. The van der Waals surface area contributed by atoms with Gasteiger partial charge in [0.05, 0.1) is 6.10 Å². The second-order valence-corrected chi connectivity index (χ2v) is 15.5. The van der Waals surface area contributed by atoms with Gasteiger partial charge < -0.3 is 24.1 Å². The lowest BCUT2D eigenvalue weighted by Gasteiger charge is -2.60. The van der Waals surface area contributed by atoms with E-state index in [4.69, 9.17) is 18.9 Å². The molecule has 2 saturated carbocycles. The molecule has 2 N–H and O–H groups in total. The molecule has 1 aromatic rings. The van der Waals surface area contributed by atoms with Crippen molar-refractivity contribution in [2.75, 3.05) is 20.2 Å². The highest BCUT2D eigenvalue weighted by molar-refractivity contribution is 5.78. The van der Waals surface area contributed by atoms with Crippen LogP contribution in [0.3, 0.4) is 0 Å². The first-order chi connectivity index (χ1) is 20.2. The Morgan fingerprint density at radius 3 is 2.56 bits per heavy atom. The minimum atomic E-state index is -0.689. The summed E-state index contributed by atoms with van der Waals surface area (Å²) in [5, 5.41) is 14.6. The molecule has 9 heteroatoms. The monoisotopic (exact) mass is 598 g/mol. The van der Waals surface area contributed by atoms with Gasteiger partial charge in [0.2, 0.25) is 0 Å². The molecule has 2 aliphatic heterocycles. The van der Waals surface area contributed by atoms with Crippen LogP contribution in [-0.4, -0.2) is 83.7 Å². The zero-order valence-corrected chi connectivity index (χ0v) is 26.9. The molecule has 2 heterocycles. The van der Waals surface area contributed by atoms with Gasteiger partial charge in [-0.1, -0.05) is 6.07 Å². The summed E-state index contributed by atoms with van der Waals surface area (Å²) in [6, 6.07) is 3.45. The highest BCUT2D eigenvalue weighted by atomic mass is 16.6. The molecule has 0 radical (unpaired) electrons. The summed E-state index contributed by atoms with van der Waals surface area (Å²) in [5.74, 6) is 1.11. The van der Waals surface area contributed by atoms with Gasteiger partial charge in [0.1, 0.15) is 23.3 Å². The number of rotatable bonds is 9. The van der Waals surface area contributed by atoms with Crippen LogP contribution in [0.25, 0.3) is 0 Å². The van der Waals surface area contributed by atoms with Crippen molar-refractivity contribution in [2.24, 2.45) is 11.8 Å². The van der Waals surface area contributed by atoms with Crippen LogP contribution in [0.2, 0.25) is 0 Å². The molecule has 3 fully saturated rings. The van der Waals surface area contributed by atoms with E-state index in [1.807, 2.05) is 48.7 Å². The van der Waals surface area contributed by atoms with Crippen LogP contribution in [0.5, 0.6) is 11.5 Å². The van der Waals surface area contributed by atoms with E-state index in [-0.39, 0.29) is 48.1 Å². The number of benzene rings is 1. The van der Waals surface area contributed by atoms with E-state index in [0.717, 1.165) is 45.2 Å². The lowest BCUT2D eigenvalue weighted by atomic mass is 9.51. The van der Waals surface area contributed by atoms with Crippen molar-refractivity contribution in [2.45, 2.75) is 133 Å². The zero-order valence-electron chi connectivity index (χ0n) is 26.9. The van der Waals surface area contributed by atoms with Crippen molar-refractivity contribution in [1.82, 2.24) is 10.2 Å². The maximum atomic E-state index is 13.5. The van der Waals surface area contributed by atoms with Crippen molar-refractivity contribution in [1.29, 1.82) is 0 Å². The number of ether oxygens (including phenoxy) is 4. The Morgan fingerprint density at radius 1 is 1.14 bits per heavy atom. The van der Waals surface area contributed by atoms with Crippen LogP contribution in [-0.2, 0) is 35.6 Å². The van der Waals surface area contributed by atoms with Gasteiger partial charge in [-0.05, 0) is 104 Å². The molecule has 1 saturated heterocycles. The summed E-state index contributed by atoms with van der Waals surface area (Å²) < 4.78 is 23.8. The minimum Gasteiger partial charge on any atom is -0.504 e. The van der Waals surface area contributed by atoms with Crippen LogP contribution in [0.15, 0.2) is 12.1 Å². The van der Waals surface area contributed by atoms with Crippen LogP contribution >= 0.6 is 0 Å². The summed E-state index contributed by atoms with van der Waals surface area (Å²) >= 11 is 0. The van der Waals surface area contributed by atoms with Gasteiger partial charge in [0.15, 0.2) is 11.5 Å². The summed E-state index contributed by atoms with van der Waals surface area (Å²) in [5.41, 5.74) is 0.978. The second-order valence-electron chi connectivity index (χ2n) is 15.5. The highest BCUT2D eigenvalue weighted by Crippen LogP contribution is 2.64. The third-order valence-electron chi connectivity index (χ3n) is 10.2. The number of esters is 2. The van der Waals surface area contributed by atoms with Crippen molar-refractivity contribution < 1.29 is 33.6 Å². The van der Waals surface area contributed by atoms with Gasteiger partial charge in [0.25, 0.3) is 0 Å². The number of likely N-dealkylation sites (tertiary alicyclic amines) is 1. The van der Waals surface area contributed by atoms with Gasteiger partial charge in [-0.15, -0.1) is 0 Å². The number of hydrogen-bond donors (Lipinski definition) is 2. The standard InChI is InChI=1S/C34H50N2O7/c1-32(2,3)42-27(38)13-11-23(31(39)43-33(4,5)6)35-22-10-9-21-24-16-19-8-12-25(37)29-28(19)34(21,30(22)41-29)14-15-36(24)18-20-17-26(20)40-7/h8,12,20-24,26,30,35,37H,9-11,13-18H2,1-7H3/t20?,21-,22-,23-,24+,26?,30-,34-/m0/s1. The normalized spacial score (nSPS) is 33.3. The molecule has 2 bridgehead atoms. The fourth-order valence-corrected chi connectivity index (χ4v) is 8.58. The fraction of sp³-hybridized carbons (Fsp3) is 0.765. The smallest absolute Gasteiger partial charge is 0.323 e. The quantitative estimate of drug-likeness (QED) is 0.404. The molecular formula is C34H50N2O7. The minimum absolute atomic E-state index is 0.103. The molecule has 1 aromatic carbocycles. The molecule has 6 rings (SSSR count). The summed E-state index contributed by atoms with van der Waals surface area (Å²) in [6.45, 7) is 13.1. The number of piperidine rings is 1. The summed E-state index contributed by atoms with van der Waals surface area (Å²) in [7, 11) is 1.81. The zero-order chi connectivity index (χ0) is 30.9. The lowest BCUT2D eigenvalue weighted by molar-refractivity contribution is -0.159. The number of nitrogens with one attached hydrogen (secondary N) is 1. The number of phenols is 1. The van der Waals surface area contributed by atoms with Gasteiger partial charge in [-0.3, -0.25) is 19.8 Å². The Kier molecular flexibility index (Phi) is 7.78. The molecule has 2 unspecified atom stereocenters. The lowest BCUT2D eigenvalue weighted by Crippen LogP contribution is -2.69. The van der Waals surface area contributed by atoms with Gasteiger partial charge in [-0.2, -0.15) is 0 Å².